The minimum atomic E-state index is -0.268. The lowest BCUT2D eigenvalue weighted by Gasteiger charge is -2.09. The second-order valence-corrected chi connectivity index (χ2v) is 6.25. The summed E-state index contributed by atoms with van der Waals surface area (Å²) < 4.78 is 20.2. The van der Waals surface area contributed by atoms with Crippen molar-refractivity contribution >= 4 is 12.4 Å². The number of hydrogen-bond donors (Lipinski definition) is 1. The van der Waals surface area contributed by atoms with Crippen molar-refractivity contribution < 1.29 is 8.91 Å². The number of nitrogens with one attached hydrogen (secondary N) is 1. The van der Waals surface area contributed by atoms with Crippen molar-refractivity contribution in [2.75, 3.05) is 6.54 Å². The van der Waals surface area contributed by atoms with Crippen molar-refractivity contribution in [1.82, 2.24) is 30.5 Å². The van der Waals surface area contributed by atoms with Crippen LogP contribution in [0.25, 0.3) is 11.6 Å². The smallest absolute Gasteiger partial charge is 0.280 e. The van der Waals surface area contributed by atoms with Crippen LogP contribution in [0.5, 0.6) is 0 Å². The number of hydrogen-bond acceptors (Lipinski definition) is 6. The van der Waals surface area contributed by atoms with Gasteiger partial charge in [-0.1, -0.05) is 35.3 Å². The lowest BCUT2D eigenvalue weighted by Crippen LogP contribution is -2.21. The first kappa shape index (κ1) is 18.5. The zero-order valence-electron chi connectivity index (χ0n) is 14.1. The summed E-state index contributed by atoms with van der Waals surface area (Å²) in [6, 6.07) is 6.53. The van der Waals surface area contributed by atoms with Crippen molar-refractivity contribution in [2.45, 2.75) is 38.3 Å². The van der Waals surface area contributed by atoms with E-state index in [-0.39, 0.29) is 24.3 Å². The molecule has 9 heteroatoms. The maximum absolute atomic E-state index is 13.3. The Morgan fingerprint density at radius 1 is 1.27 bits per heavy atom. The summed E-state index contributed by atoms with van der Waals surface area (Å²) in [5.74, 6) is 0.749. The Labute approximate surface area is 156 Å². The van der Waals surface area contributed by atoms with Gasteiger partial charge < -0.3 is 9.84 Å². The fraction of sp³-hybridized carbons (Fsp3) is 0.412. The number of aromatic nitrogens is 5. The van der Waals surface area contributed by atoms with Gasteiger partial charge >= 0.3 is 0 Å². The van der Waals surface area contributed by atoms with E-state index in [0.29, 0.717) is 24.0 Å². The molecule has 26 heavy (non-hydrogen) atoms. The van der Waals surface area contributed by atoms with Crippen LogP contribution in [0.1, 0.15) is 43.1 Å². The Morgan fingerprint density at radius 3 is 3.08 bits per heavy atom. The predicted octanol–water partition coefficient (Wildman–Crippen LogP) is 3.14. The average molecular weight is 379 g/mol. The van der Waals surface area contributed by atoms with Crippen molar-refractivity contribution in [2.24, 2.45) is 0 Å². The van der Waals surface area contributed by atoms with Crippen LogP contribution in [0.3, 0.4) is 0 Å². The second-order valence-electron chi connectivity index (χ2n) is 6.25. The van der Waals surface area contributed by atoms with Crippen molar-refractivity contribution in [3.63, 3.8) is 0 Å². The van der Waals surface area contributed by atoms with Crippen LogP contribution < -0.4 is 5.32 Å². The zero-order chi connectivity index (χ0) is 17.1. The minimum Gasteiger partial charge on any atom is -0.332 e. The van der Waals surface area contributed by atoms with Gasteiger partial charge in [-0.2, -0.15) is 4.98 Å². The molecule has 3 aromatic rings. The molecule has 4 rings (SSSR count). The molecule has 1 aliphatic heterocycles. The van der Waals surface area contributed by atoms with Gasteiger partial charge in [-0.15, -0.1) is 17.5 Å². The summed E-state index contributed by atoms with van der Waals surface area (Å²) in [7, 11) is 0. The molecule has 7 nitrogen and oxygen atoms in total. The molecule has 1 fully saturated rings. The molecule has 2 aromatic heterocycles. The third-order valence-electron chi connectivity index (χ3n) is 4.31. The van der Waals surface area contributed by atoms with Gasteiger partial charge in [-0.25, -0.2) is 9.07 Å². The van der Waals surface area contributed by atoms with Crippen LogP contribution >= 0.6 is 12.4 Å². The first-order chi connectivity index (χ1) is 12.3. The molecule has 1 aromatic carbocycles. The molecule has 3 heterocycles. The Kier molecular flexibility index (Phi) is 5.95. The van der Waals surface area contributed by atoms with Gasteiger partial charge in [0.15, 0.2) is 11.5 Å². The summed E-state index contributed by atoms with van der Waals surface area (Å²) in [6.45, 7) is 1.40. The van der Waals surface area contributed by atoms with Crippen LogP contribution in [0, 0.1) is 5.82 Å². The van der Waals surface area contributed by atoms with Crippen LogP contribution in [-0.2, 0) is 6.54 Å². The maximum atomic E-state index is 13.3. The Hall–Kier alpha value is -2.32. The first-order valence-electron chi connectivity index (χ1n) is 8.50. The molecule has 0 saturated carbocycles. The van der Waals surface area contributed by atoms with Crippen molar-refractivity contribution in [3.05, 3.63) is 47.7 Å². The lowest BCUT2D eigenvalue weighted by atomic mass is 10.1. The molecule has 0 amide bonds. The highest BCUT2D eigenvalue weighted by Crippen LogP contribution is 2.23. The molecule has 0 aliphatic carbocycles. The molecule has 1 aliphatic rings. The minimum absolute atomic E-state index is 0. The van der Waals surface area contributed by atoms with Gasteiger partial charge in [-0.3, -0.25) is 0 Å². The van der Waals surface area contributed by atoms with Gasteiger partial charge in [-0.05, 0) is 37.1 Å². The van der Waals surface area contributed by atoms with Crippen LogP contribution in [-0.4, -0.2) is 31.7 Å². The SMILES string of the molecule is Cl.Fc1cccc(Cn2cc(-c3nc(C4CCCCCN4)no3)nn2)c1. The fourth-order valence-corrected chi connectivity index (χ4v) is 3.03. The van der Waals surface area contributed by atoms with Crippen LogP contribution in [0.15, 0.2) is 35.0 Å². The standard InChI is InChI=1S/C17H19FN6O.ClH/c18-13-6-4-5-12(9-13)10-24-11-15(21-23-24)17-20-16(22-25-17)14-7-2-1-3-8-19-14;/h4-6,9,11,14,19H,1-3,7-8,10H2;1H. The van der Waals surface area contributed by atoms with E-state index >= 15 is 0 Å². The second kappa shape index (κ2) is 8.37. The first-order valence-corrected chi connectivity index (χ1v) is 8.50. The zero-order valence-corrected chi connectivity index (χ0v) is 15.0. The van der Waals surface area contributed by atoms with E-state index < -0.39 is 0 Å². The van der Waals surface area contributed by atoms with Gasteiger partial charge in [0.05, 0.1) is 18.8 Å². The number of rotatable bonds is 4. The van der Waals surface area contributed by atoms with E-state index in [0.717, 1.165) is 24.9 Å². The number of benzene rings is 1. The average Bonchev–Trinajstić information content (AvgIpc) is 3.18. The lowest BCUT2D eigenvalue weighted by molar-refractivity contribution is 0.401. The van der Waals surface area contributed by atoms with Gasteiger partial charge in [0.1, 0.15) is 5.82 Å². The van der Waals surface area contributed by atoms with Crippen LogP contribution in [0.4, 0.5) is 4.39 Å². The topological polar surface area (TPSA) is 81.7 Å². The molecule has 1 atom stereocenters. The molecular weight excluding hydrogens is 359 g/mol. The molecule has 1 N–H and O–H groups in total. The molecule has 0 spiro atoms. The largest absolute Gasteiger partial charge is 0.332 e. The summed E-state index contributed by atoms with van der Waals surface area (Å²) >= 11 is 0. The van der Waals surface area contributed by atoms with E-state index in [9.17, 15) is 4.39 Å². The van der Waals surface area contributed by atoms with E-state index in [1.54, 1.807) is 16.9 Å². The Balaban J connectivity index is 0.00000196. The van der Waals surface area contributed by atoms with Crippen molar-refractivity contribution in [1.29, 1.82) is 0 Å². The summed E-state index contributed by atoms with van der Waals surface area (Å²) in [5.41, 5.74) is 1.33. The third-order valence-corrected chi connectivity index (χ3v) is 4.31. The van der Waals surface area contributed by atoms with E-state index in [1.165, 1.54) is 25.0 Å². The highest BCUT2D eigenvalue weighted by Gasteiger charge is 2.21. The number of nitrogens with zero attached hydrogens (tertiary/aromatic N) is 5. The highest BCUT2D eigenvalue weighted by atomic mass is 35.5. The Bertz CT molecular complexity index is 843. The van der Waals surface area contributed by atoms with Gasteiger partial charge in [0.25, 0.3) is 5.89 Å². The summed E-state index contributed by atoms with van der Waals surface area (Å²) in [4.78, 5) is 4.46. The molecule has 0 bridgehead atoms. The van der Waals surface area contributed by atoms with Crippen molar-refractivity contribution in [3.8, 4) is 11.6 Å². The number of halogens is 2. The maximum Gasteiger partial charge on any atom is 0.280 e. The molecule has 138 valence electrons. The summed E-state index contributed by atoms with van der Waals surface area (Å²) in [5, 5.41) is 15.7. The molecular formula is C17H20ClFN6O. The predicted molar refractivity (Wildman–Crippen MR) is 95.3 cm³/mol. The summed E-state index contributed by atoms with van der Waals surface area (Å²) in [6.07, 6.45) is 6.29. The van der Waals surface area contributed by atoms with Crippen LogP contribution in [0.2, 0.25) is 0 Å². The fourth-order valence-electron chi connectivity index (χ4n) is 3.03. The third kappa shape index (κ3) is 4.25. The normalized spacial score (nSPS) is 17.5. The molecule has 0 radical (unpaired) electrons. The van der Waals surface area contributed by atoms with E-state index in [2.05, 4.69) is 25.8 Å². The molecule has 1 unspecified atom stereocenters. The quantitative estimate of drug-likeness (QED) is 0.751. The van der Waals surface area contributed by atoms with Gasteiger partial charge in [0.2, 0.25) is 0 Å². The van der Waals surface area contributed by atoms with E-state index in [1.807, 2.05) is 6.07 Å². The highest BCUT2D eigenvalue weighted by molar-refractivity contribution is 5.85. The molecule has 1 saturated heterocycles. The Morgan fingerprint density at radius 2 is 2.19 bits per heavy atom. The van der Waals surface area contributed by atoms with Gasteiger partial charge in [0, 0.05) is 0 Å². The monoisotopic (exact) mass is 378 g/mol. The van der Waals surface area contributed by atoms with E-state index in [4.69, 9.17) is 4.52 Å².